The number of aryl methyl sites for hydroxylation is 1. The predicted octanol–water partition coefficient (Wildman–Crippen LogP) is 2.07. The minimum absolute atomic E-state index is 0.188. The van der Waals surface area contributed by atoms with E-state index in [1.54, 1.807) is 25.1 Å². The van der Waals surface area contributed by atoms with E-state index in [9.17, 15) is 18.4 Å². The molecule has 2 rings (SSSR count). The lowest BCUT2D eigenvalue weighted by Gasteiger charge is -2.16. The van der Waals surface area contributed by atoms with Gasteiger partial charge in [0.2, 0.25) is 0 Å². The average Bonchev–Trinajstić information content (AvgIpc) is 2.46. The summed E-state index contributed by atoms with van der Waals surface area (Å²) in [5, 5.41) is 0. The van der Waals surface area contributed by atoms with Crippen LogP contribution in [-0.2, 0) is 22.0 Å². The molecule has 0 amide bonds. The molecule has 1 aromatic carbocycles. The van der Waals surface area contributed by atoms with E-state index in [4.69, 9.17) is 0 Å². The van der Waals surface area contributed by atoms with E-state index >= 15 is 0 Å². The first-order valence-electron chi connectivity index (χ1n) is 6.48. The molecule has 0 spiro atoms. The van der Waals surface area contributed by atoms with Crippen molar-refractivity contribution < 1.29 is 18.3 Å². The van der Waals surface area contributed by atoms with E-state index in [2.05, 4.69) is 9.72 Å². The lowest BCUT2D eigenvalue weighted by molar-refractivity contribution is -0.173. The highest BCUT2D eigenvalue weighted by Crippen LogP contribution is 2.27. The van der Waals surface area contributed by atoms with E-state index in [0.29, 0.717) is 5.52 Å². The van der Waals surface area contributed by atoms with Crippen LogP contribution in [0.5, 0.6) is 0 Å². The smallest absolute Gasteiger partial charge is 0.389 e. The Balaban J connectivity index is 2.73. The Labute approximate surface area is 119 Å². The van der Waals surface area contributed by atoms with Crippen LogP contribution in [0.15, 0.2) is 29.1 Å². The van der Waals surface area contributed by atoms with Gasteiger partial charge < -0.3 is 9.30 Å². The first-order chi connectivity index (χ1) is 9.93. The number of ether oxygens (including phenoxy) is 1. The zero-order valence-electron chi connectivity index (χ0n) is 11.6. The molecule has 0 aliphatic carbocycles. The molecule has 0 fully saturated rings. The topological polar surface area (TPSA) is 61.2 Å². The van der Waals surface area contributed by atoms with Crippen LogP contribution in [-0.4, -0.2) is 22.1 Å². The Kier molecular flexibility index (Phi) is 4.02. The van der Waals surface area contributed by atoms with E-state index < -0.39 is 23.1 Å². The molecule has 2 aromatic rings. The summed E-state index contributed by atoms with van der Waals surface area (Å²) in [7, 11) is 0. The Morgan fingerprint density at radius 3 is 2.62 bits per heavy atom. The molecule has 0 saturated heterocycles. The number of carbonyl (C=O) groups is 1. The fourth-order valence-corrected chi connectivity index (χ4v) is 2.03. The van der Waals surface area contributed by atoms with Gasteiger partial charge in [-0.15, -0.1) is 0 Å². The van der Waals surface area contributed by atoms with E-state index in [1.165, 1.54) is 13.0 Å². The van der Waals surface area contributed by atoms with Crippen molar-refractivity contribution >= 4 is 17.0 Å². The second-order valence-corrected chi connectivity index (χ2v) is 4.29. The first-order valence-corrected chi connectivity index (χ1v) is 6.48. The van der Waals surface area contributed by atoms with Crippen molar-refractivity contribution in [2.24, 2.45) is 0 Å². The van der Waals surface area contributed by atoms with Gasteiger partial charge in [-0.1, -0.05) is 12.1 Å². The summed E-state index contributed by atoms with van der Waals surface area (Å²) in [5.41, 5.74) is -1.44. The molecule has 5 nitrogen and oxygen atoms in total. The second-order valence-electron chi connectivity index (χ2n) is 4.29. The standard InChI is InChI=1S/C14H14F2N2O3/c1-3-18-10-8-6-5-7-9(10)17-11(12(18)19)14(15,16)13(20)21-4-2/h5-8H,3-4H2,1-2H3. The van der Waals surface area contributed by atoms with Crippen molar-refractivity contribution in [3.8, 4) is 0 Å². The third-order valence-corrected chi connectivity index (χ3v) is 3.00. The molecule has 0 N–H and O–H groups in total. The minimum atomic E-state index is -4.08. The fraction of sp³-hybridized carbons (Fsp3) is 0.357. The molecule has 1 aromatic heterocycles. The van der Waals surface area contributed by atoms with Crippen LogP contribution in [0.4, 0.5) is 8.78 Å². The summed E-state index contributed by atoms with van der Waals surface area (Å²) >= 11 is 0. The Hall–Kier alpha value is -2.31. The van der Waals surface area contributed by atoms with Crippen molar-refractivity contribution in [1.29, 1.82) is 0 Å². The number of alkyl halides is 2. The summed E-state index contributed by atoms with van der Waals surface area (Å²) in [6.07, 6.45) is 0. The molecule has 0 atom stereocenters. The summed E-state index contributed by atoms with van der Waals surface area (Å²) in [6, 6.07) is 6.41. The number of carbonyl (C=O) groups excluding carboxylic acids is 1. The highest BCUT2D eigenvalue weighted by atomic mass is 19.3. The van der Waals surface area contributed by atoms with Gasteiger partial charge in [-0.3, -0.25) is 4.79 Å². The number of benzene rings is 1. The van der Waals surface area contributed by atoms with Gasteiger partial charge in [0.15, 0.2) is 5.69 Å². The van der Waals surface area contributed by atoms with E-state index in [1.807, 2.05) is 0 Å². The van der Waals surface area contributed by atoms with Crippen molar-refractivity contribution in [3.63, 3.8) is 0 Å². The van der Waals surface area contributed by atoms with Crippen molar-refractivity contribution in [1.82, 2.24) is 9.55 Å². The molecule has 1 heterocycles. The fourth-order valence-electron chi connectivity index (χ4n) is 2.03. The number of halogens is 2. The van der Waals surface area contributed by atoms with Crippen LogP contribution in [0.3, 0.4) is 0 Å². The highest BCUT2D eigenvalue weighted by Gasteiger charge is 2.47. The van der Waals surface area contributed by atoms with Gasteiger partial charge in [0.25, 0.3) is 5.56 Å². The molecule has 0 aliphatic rings. The molecule has 21 heavy (non-hydrogen) atoms. The largest absolute Gasteiger partial charge is 0.461 e. The zero-order chi connectivity index (χ0) is 15.6. The molecule has 112 valence electrons. The monoisotopic (exact) mass is 296 g/mol. The molecule has 0 saturated carbocycles. The first kappa shape index (κ1) is 15.1. The molecule has 0 unspecified atom stereocenters. The molecular formula is C14H14F2N2O3. The maximum atomic E-state index is 14.1. The molecule has 0 radical (unpaired) electrons. The average molecular weight is 296 g/mol. The third kappa shape index (κ3) is 2.51. The summed E-state index contributed by atoms with van der Waals surface area (Å²) in [4.78, 5) is 27.2. The number of nitrogens with zero attached hydrogens (tertiary/aromatic N) is 2. The van der Waals surface area contributed by atoms with Gasteiger partial charge in [0.05, 0.1) is 17.6 Å². The Morgan fingerprint density at radius 2 is 2.00 bits per heavy atom. The summed E-state index contributed by atoms with van der Waals surface area (Å²) < 4.78 is 33.7. The number of hydrogen-bond acceptors (Lipinski definition) is 4. The number of aromatic nitrogens is 2. The molecule has 0 bridgehead atoms. The van der Waals surface area contributed by atoms with E-state index in [-0.39, 0.29) is 18.7 Å². The summed E-state index contributed by atoms with van der Waals surface area (Å²) in [5.74, 6) is -5.85. The number of para-hydroxylation sites is 2. The molecule has 0 aliphatic heterocycles. The van der Waals surface area contributed by atoms with Gasteiger partial charge in [-0.25, -0.2) is 9.78 Å². The lowest BCUT2D eigenvalue weighted by atomic mass is 10.2. The van der Waals surface area contributed by atoms with Gasteiger partial charge in [0.1, 0.15) is 0 Å². The van der Waals surface area contributed by atoms with Crippen LogP contribution in [0.1, 0.15) is 19.5 Å². The SMILES string of the molecule is CCOC(=O)C(F)(F)c1nc2ccccc2n(CC)c1=O. The van der Waals surface area contributed by atoms with Crippen LogP contribution in [0, 0.1) is 0 Å². The lowest BCUT2D eigenvalue weighted by Crippen LogP contribution is -2.38. The van der Waals surface area contributed by atoms with Gasteiger partial charge in [-0.2, -0.15) is 8.78 Å². The van der Waals surface area contributed by atoms with Crippen LogP contribution in [0.25, 0.3) is 11.0 Å². The minimum Gasteiger partial charge on any atom is -0.461 e. The zero-order valence-corrected chi connectivity index (χ0v) is 11.6. The van der Waals surface area contributed by atoms with Crippen molar-refractivity contribution in [3.05, 3.63) is 40.3 Å². The van der Waals surface area contributed by atoms with Gasteiger partial charge >= 0.3 is 11.9 Å². The van der Waals surface area contributed by atoms with Gasteiger partial charge in [-0.05, 0) is 26.0 Å². The van der Waals surface area contributed by atoms with Crippen LogP contribution < -0.4 is 5.56 Å². The second kappa shape index (κ2) is 5.59. The Morgan fingerprint density at radius 1 is 1.33 bits per heavy atom. The number of hydrogen-bond donors (Lipinski definition) is 0. The van der Waals surface area contributed by atoms with Crippen molar-refractivity contribution in [2.75, 3.05) is 6.61 Å². The van der Waals surface area contributed by atoms with Gasteiger partial charge in [0, 0.05) is 6.54 Å². The maximum Gasteiger partial charge on any atom is 0.389 e. The normalized spacial score (nSPS) is 11.6. The van der Waals surface area contributed by atoms with E-state index in [0.717, 1.165) is 4.57 Å². The van der Waals surface area contributed by atoms with Crippen LogP contribution in [0.2, 0.25) is 0 Å². The summed E-state index contributed by atoms with van der Waals surface area (Å²) in [6.45, 7) is 3.05. The number of rotatable bonds is 4. The predicted molar refractivity (Wildman–Crippen MR) is 72.2 cm³/mol. The van der Waals surface area contributed by atoms with Crippen molar-refractivity contribution in [2.45, 2.75) is 26.3 Å². The third-order valence-electron chi connectivity index (χ3n) is 3.00. The number of fused-ring (bicyclic) bond motifs is 1. The molecular weight excluding hydrogens is 282 g/mol. The van der Waals surface area contributed by atoms with Crippen LogP contribution >= 0.6 is 0 Å². The number of esters is 1. The quantitative estimate of drug-likeness (QED) is 0.810. The highest BCUT2D eigenvalue weighted by molar-refractivity contribution is 5.80. The maximum absolute atomic E-state index is 14.1. The molecule has 7 heteroatoms. The Bertz CT molecular complexity index is 741.